The number of carbonyl (C=O) groups excluding carboxylic acids is 1. The average molecular weight is 494 g/mol. The normalized spacial score (nSPS) is 14.6. The molecule has 5 aromatic rings. The van der Waals surface area contributed by atoms with Crippen LogP contribution in [0.3, 0.4) is 0 Å². The number of fused-ring (bicyclic) bond motifs is 2. The van der Waals surface area contributed by atoms with Crippen molar-refractivity contribution in [2.75, 3.05) is 7.11 Å². The van der Waals surface area contributed by atoms with E-state index in [0.29, 0.717) is 17.9 Å². The second-order valence-corrected chi connectivity index (χ2v) is 8.74. The molecule has 1 aliphatic rings. The minimum absolute atomic E-state index is 0.215. The highest BCUT2D eigenvalue weighted by atomic mass is 16.6. The molecule has 6 rings (SSSR count). The van der Waals surface area contributed by atoms with Crippen LogP contribution in [0.5, 0.6) is 5.75 Å². The van der Waals surface area contributed by atoms with Crippen LogP contribution in [0.2, 0.25) is 0 Å². The third-order valence-electron chi connectivity index (χ3n) is 6.41. The lowest BCUT2D eigenvalue weighted by Crippen LogP contribution is -2.13. The number of allylic oxidation sites excluding steroid dienone is 1. The van der Waals surface area contributed by atoms with Gasteiger partial charge in [-0.2, -0.15) is 0 Å². The van der Waals surface area contributed by atoms with E-state index in [2.05, 4.69) is 10.2 Å². The van der Waals surface area contributed by atoms with Crippen LogP contribution in [-0.4, -0.2) is 28.3 Å². The standard InChI is InChI=1S/C29H23N3O5/c1-17(27-31-32-28(37-27)18-9-12-20(34-2)13-10-18)36-29(33)25-22-7-3-4-8-24(22)30-26-19(11-14-23(25)26)16-21-6-5-15-35-21/h3-10,12-13,15-17H,11,14H2,1-2H3/b19-16+. The summed E-state index contributed by atoms with van der Waals surface area (Å²) in [5, 5.41) is 8.99. The highest BCUT2D eigenvalue weighted by Crippen LogP contribution is 2.38. The number of aromatic nitrogens is 3. The van der Waals surface area contributed by atoms with Crippen LogP contribution in [0.15, 0.2) is 75.8 Å². The fourth-order valence-electron chi connectivity index (χ4n) is 4.58. The maximum absolute atomic E-state index is 13.6. The van der Waals surface area contributed by atoms with Gasteiger partial charge in [0.15, 0.2) is 6.10 Å². The first-order valence-electron chi connectivity index (χ1n) is 12.0. The third-order valence-corrected chi connectivity index (χ3v) is 6.41. The maximum Gasteiger partial charge on any atom is 0.339 e. The van der Waals surface area contributed by atoms with E-state index in [1.54, 1.807) is 20.3 Å². The van der Waals surface area contributed by atoms with E-state index >= 15 is 0 Å². The van der Waals surface area contributed by atoms with E-state index in [-0.39, 0.29) is 5.89 Å². The first-order valence-corrected chi connectivity index (χ1v) is 12.0. The lowest BCUT2D eigenvalue weighted by atomic mass is 10.0. The molecule has 0 N–H and O–H groups in total. The van der Waals surface area contributed by atoms with Crippen molar-refractivity contribution >= 4 is 28.5 Å². The van der Waals surface area contributed by atoms with Crippen molar-refractivity contribution in [1.29, 1.82) is 0 Å². The molecule has 0 fully saturated rings. The van der Waals surface area contributed by atoms with Crippen LogP contribution >= 0.6 is 0 Å². The Hall–Kier alpha value is -4.72. The smallest absolute Gasteiger partial charge is 0.339 e. The van der Waals surface area contributed by atoms with Crippen LogP contribution in [0.25, 0.3) is 34.0 Å². The number of benzene rings is 2. The van der Waals surface area contributed by atoms with Crippen LogP contribution in [0.4, 0.5) is 0 Å². The molecule has 8 nitrogen and oxygen atoms in total. The maximum atomic E-state index is 13.6. The predicted octanol–water partition coefficient (Wildman–Crippen LogP) is 6.29. The van der Waals surface area contributed by atoms with Crippen molar-refractivity contribution in [2.45, 2.75) is 25.9 Å². The summed E-state index contributed by atoms with van der Waals surface area (Å²) in [5.41, 5.74) is 4.69. The first kappa shape index (κ1) is 22.7. The monoisotopic (exact) mass is 493 g/mol. The van der Waals surface area contributed by atoms with Crippen LogP contribution < -0.4 is 4.74 Å². The molecular formula is C29H23N3O5. The van der Waals surface area contributed by atoms with Crippen molar-refractivity contribution in [2.24, 2.45) is 0 Å². The van der Waals surface area contributed by atoms with Crippen LogP contribution in [0, 0.1) is 0 Å². The first-order chi connectivity index (χ1) is 18.1. The Kier molecular flexibility index (Phi) is 5.76. The molecule has 2 aromatic carbocycles. The van der Waals surface area contributed by atoms with Crippen molar-refractivity contribution in [3.8, 4) is 17.2 Å². The number of esters is 1. The van der Waals surface area contributed by atoms with Gasteiger partial charge in [-0.1, -0.05) is 18.2 Å². The molecule has 1 aliphatic carbocycles. The average Bonchev–Trinajstić information content (AvgIpc) is 3.70. The molecule has 37 heavy (non-hydrogen) atoms. The minimum Gasteiger partial charge on any atom is -0.497 e. The van der Waals surface area contributed by atoms with Gasteiger partial charge in [0.05, 0.1) is 30.1 Å². The second-order valence-electron chi connectivity index (χ2n) is 8.74. The lowest BCUT2D eigenvalue weighted by molar-refractivity contribution is 0.0281. The van der Waals surface area contributed by atoms with Gasteiger partial charge in [-0.3, -0.25) is 0 Å². The molecule has 1 unspecified atom stereocenters. The van der Waals surface area contributed by atoms with Gasteiger partial charge in [0.25, 0.3) is 5.89 Å². The zero-order valence-electron chi connectivity index (χ0n) is 20.3. The summed E-state index contributed by atoms with van der Waals surface area (Å²) >= 11 is 0. The largest absolute Gasteiger partial charge is 0.497 e. The summed E-state index contributed by atoms with van der Waals surface area (Å²) in [6.45, 7) is 1.72. The minimum atomic E-state index is -0.742. The Labute approximate surface area is 212 Å². The number of nitrogens with zero attached hydrogens (tertiary/aromatic N) is 3. The fourth-order valence-corrected chi connectivity index (χ4v) is 4.58. The van der Waals surface area contributed by atoms with Crippen molar-refractivity contribution in [1.82, 2.24) is 15.2 Å². The highest BCUT2D eigenvalue weighted by molar-refractivity contribution is 6.07. The van der Waals surface area contributed by atoms with Gasteiger partial charge in [0.2, 0.25) is 5.89 Å². The molecule has 0 saturated heterocycles. The molecule has 3 aromatic heterocycles. The summed E-state index contributed by atoms with van der Waals surface area (Å²) in [7, 11) is 1.60. The molecule has 0 bridgehead atoms. The van der Waals surface area contributed by atoms with Gasteiger partial charge in [-0.05, 0) is 79.4 Å². The zero-order chi connectivity index (χ0) is 25.4. The number of hydrogen-bond acceptors (Lipinski definition) is 8. The van der Waals surface area contributed by atoms with Crippen LogP contribution in [-0.2, 0) is 11.2 Å². The Morgan fingerprint density at radius 3 is 2.65 bits per heavy atom. The van der Waals surface area contributed by atoms with E-state index in [4.69, 9.17) is 23.3 Å². The van der Waals surface area contributed by atoms with E-state index in [9.17, 15) is 4.79 Å². The second kappa shape index (κ2) is 9.39. The van der Waals surface area contributed by atoms with E-state index in [0.717, 1.165) is 51.2 Å². The van der Waals surface area contributed by atoms with Gasteiger partial charge in [0.1, 0.15) is 11.5 Å². The highest BCUT2D eigenvalue weighted by Gasteiger charge is 2.29. The topological polar surface area (TPSA) is 100 Å². The molecule has 0 amide bonds. The summed E-state index contributed by atoms with van der Waals surface area (Å²) in [4.78, 5) is 18.5. The van der Waals surface area contributed by atoms with Crippen molar-refractivity contribution in [3.63, 3.8) is 0 Å². The van der Waals surface area contributed by atoms with Gasteiger partial charge >= 0.3 is 5.97 Å². The van der Waals surface area contributed by atoms with Gasteiger partial charge in [0, 0.05) is 10.9 Å². The Balaban J connectivity index is 1.31. The number of hydrogen-bond donors (Lipinski definition) is 0. The Morgan fingerprint density at radius 1 is 1.03 bits per heavy atom. The summed E-state index contributed by atoms with van der Waals surface area (Å²) < 4.78 is 22.4. The molecule has 3 heterocycles. The fraction of sp³-hybridized carbons (Fsp3) is 0.172. The molecule has 0 spiro atoms. The molecule has 8 heteroatoms. The molecule has 0 radical (unpaired) electrons. The molecule has 0 aliphatic heterocycles. The van der Waals surface area contributed by atoms with Crippen molar-refractivity contribution < 1.29 is 23.1 Å². The summed E-state index contributed by atoms with van der Waals surface area (Å²) in [5.74, 6) is 1.58. The molecule has 184 valence electrons. The van der Waals surface area contributed by atoms with Gasteiger partial charge in [-0.25, -0.2) is 9.78 Å². The molecule has 1 atom stereocenters. The number of methoxy groups -OCH3 is 1. The van der Waals surface area contributed by atoms with E-state index in [1.807, 2.05) is 66.7 Å². The molecular weight excluding hydrogens is 470 g/mol. The summed E-state index contributed by atoms with van der Waals surface area (Å²) in [6, 6.07) is 18.6. The molecule has 0 saturated carbocycles. The Morgan fingerprint density at radius 2 is 1.86 bits per heavy atom. The number of rotatable bonds is 6. The van der Waals surface area contributed by atoms with Gasteiger partial charge in [-0.15, -0.1) is 10.2 Å². The zero-order valence-corrected chi connectivity index (χ0v) is 20.3. The number of para-hydroxylation sites is 1. The lowest BCUT2D eigenvalue weighted by Gasteiger charge is -2.14. The summed E-state index contributed by atoms with van der Waals surface area (Å²) in [6.07, 6.45) is 4.31. The number of pyridine rings is 1. The van der Waals surface area contributed by atoms with E-state index < -0.39 is 12.1 Å². The van der Waals surface area contributed by atoms with Gasteiger partial charge < -0.3 is 18.3 Å². The number of carbonyl (C=O) groups is 1. The number of ether oxygens (including phenoxy) is 2. The Bertz CT molecular complexity index is 1620. The van der Waals surface area contributed by atoms with Crippen molar-refractivity contribution in [3.05, 3.63) is 95.4 Å². The predicted molar refractivity (Wildman–Crippen MR) is 137 cm³/mol. The van der Waals surface area contributed by atoms with E-state index in [1.165, 1.54) is 0 Å². The third kappa shape index (κ3) is 4.27. The SMILES string of the molecule is COc1ccc(-c2nnc(C(C)OC(=O)c3c4c(nc5ccccc35)/C(=C/c3ccco3)CC4)o2)cc1. The quantitative estimate of drug-likeness (QED) is 0.254. The van der Waals surface area contributed by atoms with Crippen LogP contribution in [0.1, 0.15) is 52.7 Å². The number of furan rings is 1.